The van der Waals surface area contributed by atoms with E-state index in [1.165, 1.54) is 6.07 Å². The van der Waals surface area contributed by atoms with E-state index in [4.69, 9.17) is 0 Å². The van der Waals surface area contributed by atoms with Gasteiger partial charge in [0.15, 0.2) is 11.6 Å². The van der Waals surface area contributed by atoms with Gasteiger partial charge in [-0.1, -0.05) is 26.8 Å². The number of nitrogens with one attached hydrogen (secondary N) is 2. The average Bonchev–Trinajstić information content (AvgIpc) is 2.81. The van der Waals surface area contributed by atoms with Crippen molar-refractivity contribution < 1.29 is 0 Å². The lowest BCUT2D eigenvalue weighted by Gasteiger charge is -2.34. The number of aromatic amines is 1. The first-order valence-corrected chi connectivity index (χ1v) is 6.83. The van der Waals surface area contributed by atoms with Crippen molar-refractivity contribution in [1.29, 1.82) is 0 Å². The Kier molecular flexibility index (Phi) is 2.97. The molecule has 1 atom stereocenters. The highest BCUT2D eigenvalue weighted by molar-refractivity contribution is 5.49. The number of fused-ring (bicyclic) bond motifs is 1. The van der Waals surface area contributed by atoms with Crippen LogP contribution in [0, 0.1) is 5.41 Å². The molecule has 1 unspecified atom stereocenters. The maximum Gasteiger partial charge on any atom is 0.248 e. The van der Waals surface area contributed by atoms with Gasteiger partial charge in [0.1, 0.15) is 0 Å². The van der Waals surface area contributed by atoms with Crippen molar-refractivity contribution in [3.63, 3.8) is 0 Å². The minimum Gasteiger partial charge on any atom is -0.319 e. The van der Waals surface area contributed by atoms with E-state index in [0.29, 0.717) is 5.69 Å². The number of nitrogens with zero attached hydrogens (tertiary/aromatic N) is 3. The number of hydrogen-bond donors (Lipinski definition) is 2. The molecule has 0 spiro atoms. The molecule has 0 saturated carbocycles. The maximum atomic E-state index is 11.5. The third-order valence-corrected chi connectivity index (χ3v) is 3.60. The fourth-order valence-corrected chi connectivity index (χ4v) is 2.63. The zero-order chi connectivity index (χ0) is 14.3. The second kappa shape index (κ2) is 4.56. The van der Waals surface area contributed by atoms with Crippen molar-refractivity contribution in [3.8, 4) is 11.5 Å². The minimum atomic E-state index is -0.124. The van der Waals surface area contributed by atoms with Gasteiger partial charge in [0.25, 0.3) is 0 Å². The topological polar surface area (TPSA) is 75.6 Å². The quantitative estimate of drug-likeness (QED) is 0.821. The fraction of sp³-hybridized carbons (Fsp3) is 0.500. The summed E-state index contributed by atoms with van der Waals surface area (Å²) < 4.78 is 2.09. The predicted octanol–water partition coefficient (Wildman–Crippen LogP) is 1.32. The van der Waals surface area contributed by atoms with Crippen molar-refractivity contribution in [2.75, 3.05) is 6.54 Å². The third-order valence-electron chi connectivity index (χ3n) is 3.60. The maximum absolute atomic E-state index is 11.5. The molecule has 1 aliphatic heterocycles. The summed E-state index contributed by atoms with van der Waals surface area (Å²) in [7, 11) is 0. The molecule has 6 nitrogen and oxygen atoms in total. The lowest BCUT2D eigenvalue weighted by atomic mass is 9.85. The van der Waals surface area contributed by atoms with Gasteiger partial charge in [0.2, 0.25) is 5.56 Å². The molecule has 0 amide bonds. The minimum absolute atomic E-state index is 0.0621. The van der Waals surface area contributed by atoms with Gasteiger partial charge >= 0.3 is 0 Å². The van der Waals surface area contributed by atoms with Crippen LogP contribution < -0.4 is 10.9 Å². The molecule has 106 valence electrons. The standard InChI is InChI=1S/C14H19N5O/c1-14(2,3)11-13-18-17-12(19(13)8-7-15-11)9-5-4-6-10(20)16-9/h4-6,11,15H,7-8H2,1-3H3,(H,16,20). The highest BCUT2D eigenvalue weighted by atomic mass is 16.1. The van der Waals surface area contributed by atoms with Gasteiger partial charge in [0.05, 0.1) is 11.7 Å². The van der Waals surface area contributed by atoms with Crippen LogP contribution in [0.5, 0.6) is 0 Å². The van der Waals surface area contributed by atoms with Crippen molar-refractivity contribution in [1.82, 2.24) is 25.1 Å². The van der Waals surface area contributed by atoms with Crippen LogP contribution in [-0.4, -0.2) is 26.3 Å². The van der Waals surface area contributed by atoms with Crippen LogP contribution >= 0.6 is 0 Å². The van der Waals surface area contributed by atoms with E-state index in [0.717, 1.165) is 24.7 Å². The van der Waals surface area contributed by atoms with E-state index in [1.807, 2.05) is 6.07 Å². The molecule has 3 rings (SSSR count). The first kappa shape index (κ1) is 13.1. The number of pyridine rings is 1. The molecule has 0 fully saturated rings. The second-order valence-electron chi connectivity index (χ2n) is 6.22. The molecule has 0 bridgehead atoms. The number of H-pyrrole nitrogens is 1. The SMILES string of the molecule is CC(C)(C)C1NCCn2c(-c3cccc(=O)[nH]3)nnc21. The van der Waals surface area contributed by atoms with E-state index < -0.39 is 0 Å². The van der Waals surface area contributed by atoms with Gasteiger partial charge in [0, 0.05) is 19.2 Å². The molecule has 1 aliphatic rings. The van der Waals surface area contributed by atoms with Crippen LogP contribution in [0.4, 0.5) is 0 Å². The van der Waals surface area contributed by atoms with E-state index >= 15 is 0 Å². The zero-order valence-corrected chi connectivity index (χ0v) is 12.0. The molecule has 0 aliphatic carbocycles. The van der Waals surface area contributed by atoms with Crippen molar-refractivity contribution in [3.05, 3.63) is 34.4 Å². The summed E-state index contributed by atoms with van der Waals surface area (Å²) >= 11 is 0. The van der Waals surface area contributed by atoms with Crippen LogP contribution in [-0.2, 0) is 6.54 Å². The molecule has 3 heterocycles. The lowest BCUT2D eigenvalue weighted by molar-refractivity contribution is 0.233. The van der Waals surface area contributed by atoms with Gasteiger partial charge in [-0.3, -0.25) is 4.79 Å². The van der Waals surface area contributed by atoms with Crippen molar-refractivity contribution >= 4 is 0 Å². The molecule has 0 saturated heterocycles. The summed E-state index contributed by atoms with van der Waals surface area (Å²) in [6.07, 6.45) is 0. The Bertz CT molecular complexity index is 679. The highest BCUT2D eigenvalue weighted by Crippen LogP contribution is 2.34. The summed E-state index contributed by atoms with van der Waals surface area (Å²) in [5.41, 5.74) is 0.652. The monoisotopic (exact) mass is 273 g/mol. The number of rotatable bonds is 1. The summed E-state index contributed by atoms with van der Waals surface area (Å²) in [4.78, 5) is 14.3. The Hall–Kier alpha value is -1.95. The van der Waals surface area contributed by atoms with Crippen LogP contribution in [0.1, 0.15) is 32.6 Å². The fourth-order valence-electron chi connectivity index (χ4n) is 2.63. The molecule has 0 radical (unpaired) electrons. The summed E-state index contributed by atoms with van der Waals surface area (Å²) in [5, 5.41) is 12.1. The Balaban J connectivity index is 2.09. The molecule has 2 aromatic heterocycles. The molecule has 6 heteroatoms. The third kappa shape index (κ3) is 2.16. The lowest BCUT2D eigenvalue weighted by Crippen LogP contribution is -2.40. The van der Waals surface area contributed by atoms with Gasteiger partial charge < -0.3 is 14.9 Å². The Morgan fingerprint density at radius 3 is 2.80 bits per heavy atom. The number of hydrogen-bond acceptors (Lipinski definition) is 4. The summed E-state index contributed by atoms with van der Waals surface area (Å²) in [5.74, 6) is 1.66. The Morgan fingerprint density at radius 2 is 2.10 bits per heavy atom. The van der Waals surface area contributed by atoms with E-state index in [2.05, 4.69) is 45.8 Å². The van der Waals surface area contributed by atoms with Gasteiger partial charge in [-0.2, -0.15) is 0 Å². The predicted molar refractivity (Wildman–Crippen MR) is 76.3 cm³/mol. The smallest absolute Gasteiger partial charge is 0.248 e. The van der Waals surface area contributed by atoms with Crippen LogP contribution in [0.3, 0.4) is 0 Å². The molecular weight excluding hydrogens is 254 g/mol. The Morgan fingerprint density at radius 1 is 1.30 bits per heavy atom. The van der Waals surface area contributed by atoms with E-state index in [-0.39, 0.29) is 17.0 Å². The summed E-state index contributed by atoms with van der Waals surface area (Å²) in [6, 6.07) is 5.24. The highest BCUT2D eigenvalue weighted by Gasteiger charge is 2.33. The van der Waals surface area contributed by atoms with E-state index in [9.17, 15) is 4.79 Å². The second-order valence-corrected chi connectivity index (χ2v) is 6.22. The zero-order valence-electron chi connectivity index (χ0n) is 12.0. The first-order valence-electron chi connectivity index (χ1n) is 6.83. The van der Waals surface area contributed by atoms with Crippen molar-refractivity contribution in [2.24, 2.45) is 5.41 Å². The van der Waals surface area contributed by atoms with Gasteiger partial charge in [-0.05, 0) is 11.5 Å². The average molecular weight is 273 g/mol. The molecule has 2 N–H and O–H groups in total. The molecular formula is C14H19N5O. The van der Waals surface area contributed by atoms with Gasteiger partial charge in [-0.25, -0.2) is 0 Å². The molecule has 2 aromatic rings. The van der Waals surface area contributed by atoms with Crippen LogP contribution in [0.25, 0.3) is 11.5 Å². The van der Waals surface area contributed by atoms with Gasteiger partial charge in [-0.15, -0.1) is 10.2 Å². The number of aromatic nitrogens is 4. The largest absolute Gasteiger partial charge is 0.319 e. The van der Waals surface area contributed by atoms with Crippen LogP contribution in [0.15, 0.2) is 23.0 Å². The normalized spacial score (nSPS) is 18.9. The Labute approximate surface area is 117 Å². The molecule has 20 heavy (non-hydrogen) atoms. The van der Waals surface area contributed by atoms with Crippen molar-refractivity contribution in [2.45, 2.75) is 33.4 Å². The van der Waals surface area contributed by atoms with Crippen LogP contribution in [0.2, 0.25) is 0 Å². The van der Waals surface area contributed by atoms with E-state index in [1.54, 1.807) is 6.07 Å². The molecule has 0 aromatic carbocycles. The first-order chi connectivity index (χ1) is 9.47. The summed E-state index contributed by atoms with van der Waals surface area (Å²) in [6.45, 7) is 8.22.